The maximum atomic E-state index is 10.5. The molecule has 0 aromatic heterocycles. The zero-order valence-corrected chi connectivity index (χ0v) is 61.5. The fourth-order valence-corrected chi connectivity index (χ4v) is 2.43. The van der Waals surface area contributed by atoms with Crippen molar-refractivity contribution in [3.05, 3.63) is 149 Å². The lowest BCUT2D eigenvalue weighted by molar-refractivity contribution is -0.147. The topological polar surface area (TPSA) is 712 Å². The third-order valence-corrected chi connectivity index (χ3v) is 6.92. The molecule has 0 fully saturated rings. The van der Waals surface area contributed by atoms with E-state index in [1.807, 2.05) is 0 Å². The molecule has 0 aliphatic rings. The summed E-state index contributed by atoms with van der Waals surface area (Å²) in [7, 11) is 0. The molecule has 114 heavy (non-hydrogen) atoms. The van der Waals surface area contributed by atoms with Gasteiger partial charge in [0, 0.05) is 69.9 Å². The molecule has 0 radical (unpaired) electrons. The molecule has 0 aliphatic heterocycles. The van der Waals surface area contributed by atoms with Crippen LogP contribution in [0.25, 0.3) is 0 Å². The number of nitrogens with zero attached hydrogens (tertiary/aromatic N) is 12. The van der Waals surface area contributed by atoms with E-state index in [1.165, 1.54) is 117 Å². The first kappa shape index (κ1) is 123. The van der Waals surface area contributed by atoms with E-state index in [4.69, 9.17) is 63.1 Å². The summed E-state index contributed by atoms with van der Waals surface area (Å²) < 4.78 is 100. The van der Waals surface area contributed by atoms with Crippen molar-refractivity contribution in [2.75, 3.05) is 81.5 Å². The quantitative estimate of drug-likeness (QED) is 0.0209. The van der Waals surface area contributed by atoms with Gasteiger partial charge in [-0.2, -0.15) is 63.1 Å². The Morgan fingerprint density at radius 3 is 0.333 bits per heavy atom. The Morgan fingerprint density at radius 2 is 0.272 bits per heavy atom. The summed E-state index contributed by atoms with van der Waals surface area (Å²) in [4.78, 5) is 124. The number of carbonyl (C=O) groups excluding carboxylic acids is 12. The highest BCUT2D eigenvalue weighted by Gasteiger charge is 2.06. The van der Waals surface area contributed by atoms with Gasteiger partial charge in [0.05, 0.1) is 0 Å². The molecule has 48 heteroatoms. The zero-order chi connectivity index (χ0) is 90.6. The number of ether oxygens (including phenoxy) is 24. The van der Waals surface area contributed by atoms with E-state index in [0.29, 0.717) is 0 Å². The molecule has 0 aliphatic carbocycles. The first-order chi connectivity index (χ1) is 53.9. The summed E-state index contributed by atoms with van der Waals surface area (Å²) >= 11 is 0. The molecule has 0 aromatic carbocycles. The molecular weight excluding hydrogens is 1540 g/mol. The number of nitriles is 12. The van der Waals surface area contributed by atoms with Crippen molar-refractivity contribution < 1.29 is 171 Å². The van der Waals surface area contributed by atoms with E-state index in [2.05, 4.69) is 193 Å². The smallest absolute Gasteiger partial charge is 0.336 e. The molecule has 0 aromatic rings. The van der Waals surface area contributed by atoms with Gasteiger partial charge in [-0.05, 0) is 41.5 Å². The van der Waals surface area contributed by atoms with Crippen LogP contribution in [0.2, 0.25) is 0 Å². The van der Waals surface area contributed by atoms with Gasteiger partial charge in [-0.3, -0.25) is 0 Å². The SMILES string of the molecule is C=C(C)C(=O)OCOC#N.C=C(C)C(=O)OCOC#N.C=C(C)C(=O)OCOC#N.C=C(C)C(=O)OCOC#N.C=C(C)C(=O)OCOC#N.C=C(C)C(=O)OCOC#N.C=CC(=O)OCOC#N.C=CC(=O)OCOC#N.C=CC(=O)OCOC#N.C=CC(=O)OCOC#N.C=CC(=O)OCOC#N.C=CC(=O)OCOC#N. The van der Waals surface area contributed by atoms with Crippen molar-refractivity contribution in [3.63, 3.8) is 0 Å². The van der Waals surface area contributed by atoms with Gasteiger partial charge in [-0.1, -0.05) is 78.9 Å². The first-order valence-corrected chi connectivity index (χ1v) is 27.8. The summed E-state index contributed by atoms with van der Waals surface area (Å²) in [5.41, 5.74) is 1.68. The second-order valence-corrected chi connectivity index (χ2v) is 15.5. The summed E-state index contributed by atoms with van der Waals surface area (Å²) in [6.07, 6.45) is 22.1. The van der Waals surface area contributed by atoms with E-state index in [0.717, 1.165) is 36.5 Å². The van der Waals surface area contributed by atoms with Gasteiger partial charge in [0.25, 0.3) is 75.1 Å². The number of rotatable bonds is 36. The van der Waals surface area contributed by atoms with E-state index >= 15 is 0 Å². The Morgan fingerprint density at radius 1 is 0.193 bits per heavy atom. The fraction of sp³-hybridized carbons (Fsp3) is 0.273. The van der Waals surface area contributed by atoms with Crippen LogP contribution in [0.15, 0.2) is 149 Å². The second kappa shape index (κ2) is 104. The lowest BCUT2D eigenvalue weighted by Crippen LogP contribution is -2.06. The lowest BCUT2D eigenvalue weighted by atomic mass is 10.4. The molecule has 0 bridgehead atoms. The van der Waals surface area contributed by atoms with Crippen molar-refractivity contribution in [1.29, 1.82) is 63.1 Å². The molecule has 0 saturated carbocycles. The van der Waals surface area contributed by atoms with Crippen LogP contribution in [0.3, 0.4) is 0 Å². The zero-order valence-electron chi connectivity index (χ0n) is 61.5. The highest BCUT2D eigenvalue weighted by molar-refractivity contribution is 5.89. The molecule has 0 atom stereocenters. The second-order valence-electron chi connectivity index (χ2n) is 15.5. The lowest BCUT2D eigenvalue weighted by Gasteiger charge is -1.98. The third kappa shape index (κ3) is 134. The fourth-order valence-electron chi connectivity index (χ4n) is 2.43. The molecule has 48 nitrogen and oxygen atoms in total. The molecule has 0 saturated heterocycles. The van der Waals surface area contributed by atoms with Crippen LogP contribution in [0.5, 0.6) is 0 Å². The van der Waals surface area contributed by atoms with Gasteiger partial charge in [0.2, 0.25) is 81.5 Å². The van der Waals surface area contributed by atoms with Crippen LogP contribution in [0, 0.1) is 138 Å². The molecule has 0 amide bonds. The minimum atomic E-state index is -0.606. The highest BCUT2D eigenvalue weighted by atomic mass is 16.7. The number of esters is 12. The van der Waals surface area contributed by atoms with Gasteiger partial charge in [0.15, 0.2) is 0 Å². The van der Waals surface area contributed by atoms with Gasteiger partial charge in [-0.25, -0.2) is 57.5 Å². The molecule has 612 valence electrons. The Bertz CT molecular complexity index is 3030. The van der Waals surface area contributed by atoms with E-state index in [1.54, 1.807) is 0 Å². The summed E-state index contributed by atoms with van der Waals surface area (Å²) in [6.45, 7) is 43.6. The van der Waals surface area contributed by atoms with Crippen LogP contribution in [0.4, 0.5) is 0 Å². The van der Waals surface area contributed by atoms with Gasteiger partial charge in [-0.15, -0.1) is 0 Å². The normalized spacial score (nSPS) is 7.32. The van der Waals surface area contributed by atoms with Crippen LogP contribution in [-0.4, -0.2) is 153 Å². The Kier molecular flexibility index (Phi) is 112. The average molecular weight is 1610 g/mol. The predicted octanol–water partition coefficient (Wildman–Crippen LogP) is 4.39. The maximum absolute atomic E-state index is 10.5. The van der Waals surface area contributed by atoms with Crippen molar-refractivity contribution in [2.24, 2.45) is 0 Å². The highest BCUT2D eigenvalue weighted by Crippen LogP contribution is 1.96. The van der Waals surface area contributed by atoms with Crippen molar-refractivity contribution in [1.82, 2.24) is 0 Å². The first-order valence-electron chi connectivity index (χ1n) is 27.8. The van der Waals surface area contributed by atoms with E-state index < -0.39 is 71.6 Å². The summed E-state index contributed by atoms with van der Waals surface area (Å²) in [6, 6.07) is 0. The predicted molar refractivity (Wildman–Crippen MR) is 362 cm³/mol. The van der Waals surface area contributed by atoms with E-state index in [9.17, 15) is 57.5 Å². The van der Waals surface area contributed by atoms with Crippen molar-refractivity contribution >= 4 is 71.6 Å². The van der Waals surface area contributed by atoms with Gasteiger partial charge >= 0.3 is 71.6 Å². The molecule has 0 heterocycles. The van der Waals surface area contributed by atoms with Crippen molar-refractivity contribution in [3.8, 4) is 75.1 Å². The molecular formula is C66H72N12O36. The van der Waals surface area contributed by atoms with Crippen molar-refractivity contribution in [2.45, 2.75) is 41.5 Å². The summed E-state index contributed by atoms with van der Waals surface area (Å²) in [5, 5.41) is 93.6. The monoisotopic (exact) mass is 1610 g/mol. The number of hydrogen-bond acceptors (Lipinski definition) is 48. The number of hydrogen-bond donors (Lipinski definition) is 0. The van der Waals surface area contributed by atoms with E-state index in [-0.39, 0.29) is 115 Å². The summed E-state index contributed by atoms with van der Waals surface area (Å²) in [5.74, 6) is -7.00. The minimum Gasteiger partial charge on any atom is -0.424 e. The minimum absolute atomic E-state index is 0.279. The van der Waals surface area contributed by atoms with Crippen LogP contribution in [-0.2, 0) is 171 Å². The standard InChI is InChI=1S/6C6H7NO3.6C5H5NO3/c6*1-5(2)6(8)10-4-9-3-7;6*1-2-5(7)9-4-8-3-6/h6*1,4H2,2H3;6*2H,1,4H2. The van der Waals surface area contributed by atoms with Crippen LogP contribution in [0.1, 0.15) is 41.5 Å². The third-order valence-electron chi connectivity index (χ3n) is 6.92. The molecule has 0 rings (SSSR count). The largest absolute Gasteiger partial charge is 0.424 e. The molecule has 0 spiro atoms. The molecule has 0 N–H and O–H groups in total. The number of carbonyl (C=O) groups is 12. The average Bonchev–Trinajstić information content (AvgIpc) is 1.05. The van der Waals surface area contributed by atoms with Crippen LogP contribution >= 0.6 is 0 Å². The Balaban J connectivity index is -0.0000000996. The Hall–Kier alpha value is -18.0. The Labute approximate surface area is 651 Å². The maximum Gasteiger partial charge on any atom is 0.336 e. The van der Waals surface area contributed by atoms with Crippen LogP contribution < -0.4 is 0 Å². The van der Waals surface area contributed by atoms with Gasteiger partial charge < -0.3 is 114 Å². The van der Waals surface area contributed by atoms with Gasteiger partial charge in [0.1, 0.15) is 0 Å². The molecule has 0 unspecified atom stereocenters.